The molecule has 0 fully saturated rings. The van der Waals surface area contributed by atoms with Crippen LogP contribution in [0.1, 0.15) is 24.5 Å². The van der Waals surface area contributed by atoms with Crippen molar-refractivity contribution >= 4 is 13.3 Å². The lowest BCUT2D eigenvalue weighted by atomic mass is 10.1. The van der Waals surface area contributed by atoms with E-state index in [9.17, 15) is 17.6 Å². The zero-order chi connectivity index (χ0) is 18.1. The molecule has 0 radical (unpaired) electrons. The molecule has 2 aromatic carbocycles. The molecule has 0 amide bonds. The molecule has 24 heavy (non-hydrogen) atoms. The fourth-order valence-corrected chi connectivity index (χ4v) is 6.25. The van der Waals surface area contributed by atoms with Gasteiger partial charge in [-0.2, -0.15) is 0 Å². The molecule has 2 rings (SSSR count). The average Bonchev–Trinajstić information content (AvgIpc) is 2.56. The van der Waals surface area contributed by atoms with Gasteiger partial charge in [0, 0.05) is 0 Å². The van der Waals surface area contributed by atoms with E-state index < -0.39 is 31.3 Å². The van der Waals surface area contributed by atoms with Gasteiger partial charge in [-0.25, -0.2) is 17.6 Å². The van der Waals surface area contributed by atoms with Gasteiger partial charge in [0.25, 0.3) is 0 Å². The minimum atomic E-state index is -2.53. The largest absolute Gasteiger partial charge is 0.204 e. The maximum Gasteiger partial charge on any atom is 0.197 e. The van der Waals surface area contributed by atoms with Crippen LogP contribution in [0.4, 0.5) is 17.6 Å². The highest BCUT2D eigenvalue weighted by atomic mass is 28.3. The molecule has 1 atom stereocenters. The third kappa shape index (κ3) is 3.41. The van der Waals surface area contributed by atoms with E-state index in [-0.39, 0.29) is 16.3 Å². The van der Waals surface area contributed by atoms with Gasteiger partial charge in [-0.05, 0) is 41.6 Å². The predicted molar refractivity (Wildman–Crippen MR) is 92.3 cm³/mol. The first-order valence-electron chi connectivity index (χ1n) is 8.04. The Kier molecular flexibility index (Phi) is 5.53. The first-order chi connectivity index (χ1) is 11.2. The molecule has 0 aliphatic rings. The fourth-order valence-electron chi connectivity index (χ4n) is 3.14. The van der Waals surface area contributed by atoms with Crippen molar-refractivity contribution in [2.24, 2.45) is 0 Å². The highest BCUT2D eigenvalue weighted by molar-refractivity contribution is 6.91. The van der Waals surface area contributed by atoms with Crippen molar-refractivity contribution in [1.82, 2.24) is 0 Å². The lowest BCUT2D eigenvalue weighted by molar-refractivity contribution is 0.409. The standard InChI is InChI=1S/C19H22F4Si/c1-12(10-11-14-8-6-5-7-9-14)24(3,4)19-13(2)15(20)16(21)17(22)18(19)23/h5-9,12H,10-11H2,1-4H3. The highest BCUT2D eigenvalue weighted by Gasteiger charge is 2.37. The fraction of sp³-hybridized carbons (Fsp3) is 0.368. The lowest BCUT2D eigenvalue weighted by Gasteiger charge is -2.32. The number of hydrogen-bond donors (Lipinski definition) is 0. The Labute approximate surface area is 141 Å². The van der Waals surface area contributed by atoms with Crippen LogP contribution < -0.4 is 5.19 Å². The average molecular weight is 354 g/mol. The summed E-state index contributed by atoms with van der Waals surface area (Å²) < 4.78 is 55.4. The minimum absolute atomic E-state index is 0.0551. The van der Waals surface area contributed by atoms with Crippen LogP contribution >= 0.6 is 0 Å². The van der Waals surface area contributed by atoms with Crippen LogP contribution in [0.5, 0.6) is 0 Å². The van der Waals surface area contributed by atoms with Gasteiger partial charge in [-0.15, -0.1) is 0 Å². The molecule has 2 aromatic rings. The topological polar surface area (TPSA) is 0 Å². The van der Waals surface area contributed by atoms with Gasteiger partial charge in [0.05, 0.1) is 8.07 Å². The first kappa shape index (κ1) is 18.7. The van der Waals surface area contributed by atoms with Crippen LogP contribution in [0.3, 0.4) is 0 Å². The van der Waals surface area contributed by atoms with Gasteiger partial charge in [0.2, 0.25) is 0 Å². The summed E-state index contributed by atoms with van der Waals surface area (Å²) in [4.78, 5) is 0. The SMILES string of the molecule is Cc1c(F)c(F)c(F)c(F)c1[Si](C)(C)C(C)CCc1ccccc1. The smallest absolute Gasteiger partial charge is 0.197 e. The van der Waals surface area contributed by atoms with E-state index in [1.165, 1.54) is 12.5 Å². The number of halogens is 4. The van der Waals surface area contributed by atoms with Crippen LogP contribution in [-0.2, 0) is 6.42 Å². The number of rotatable bonds is 5. The van der Waals surface area contributed by atoms with Crippen LogP contribution in [0.2, 0.25) is 18.6 Å². The Hall–Kier alpha value is -1.62. The summed E-state index contributed by atoms with van der Waals surface area (Å²) in [5, 5.41) is 0.0551. The highest BCUT2D eigenvalue weighted by Crippen LogP contribution is 2.30. The number of benzene rings is 2. The zero-order valence-corrected chi connectivity index (χ0v) is 15.4. The summed E-state index contributed by atoms with van der Waals surface area (Å²) in [6.07, 6.45) is 1.59. The van der Waals surface area contributed by atoms with Crippen LogP contribution in [0.15, 0.2) is 30.3 Å². The second-order valence-corrected chi connectivity index (χ2v) is 11.8. The third-order valence-electron chi connectivity index (χ3n) is 5.09. The molecule has 5 heteroatoms. The number of aryl methyl sites for hydroxylation is 1. The second-order valence-electron chi connectivity index (χ2n) is 6.90. The molecule has 1 unspecified atom stereocenters. The van der Waals surface area contributed by atoms with Crippen LogP contribution in [0.25, 0.3) is 0 Å². The van der Waals surface area contributed by atoms with E-state index in [1.807, 2.05) is 50.3 Å². The minimum Gasteiger partial charge on any atom is -0.204 e. The Bertz CT molecular complexity index is 697. The summed E-state index contributed by atoms with van der Waals surface area (Å²) in [6.45, 7) is 7.07. The number of hydrogen-bond acceptors (Lipinski definition) is 0. The van der Waals surface area contributed by atoms with E-state index in [0.29, 0.717) is 0 Å². The van der Waals surface area contributed by atoms with Crippen molar-refractivity contribution < 1.29 is 17.6 Å². The monoisotopic (exact) mass is 354 g/mol. The summed E-state index contributed by atoms with van der Waals surface area (Å²) in [7, 11) is -2.53. The first-order valence-corrected chi connectivity index (χ1v) is 11.1. The van der Waals surface area contributed by atoms with Crippen molar-refractivity contribution in [1.29, 1.82) is 0 Å². The quantitative estimate of drug-likeness (QED) is 0.288. The Balaban J connectivity index is 2.33. The molecule has 0 aliphatic carbocycles. The van der Waals surface area contributed by atoms with E-state index in [1.54, 1.807) is 0 Å². The van der Waals surface area contributed by atoms with Crippen molar-refractivity contribution in [3.8, 4) is 0 Å². The maximum absolute atomic E-state index is 14.4. The Morgan fingerprint density at radius 3 is 2.00 bits per heavy atom. The van der Waals surface area contributed by atoms with Crippen LogP contribution in [-0.4, -0.2) is 8.07 Å². The second kappa shape index (κ2) is 7.09. The lowest BCUT2D eigenvalue weighted by Crippen LogP contribution is -2.49. The summed E-state index contributed by atoms with van der Waals surface area (Å²) in [5.74, 6) is -5.94. The Morgan fingerprint density at radius 2 is 1.42 bits per heavy atom. The van der Waals surface area contributed by atoms with E-state index in [2.05, 4.69) is 0 Å². The molecule has 0 aliphatic heterocycles. The molecule has 0 spiro atoms. The van der Waals surface area contributed by atoms with Gasteiger partial charge in [-0.3, -0.25) is 0 Å². The molecular weight excluding hydrogens is 332 g/mol. The zero-order valence-electron chi connectivity index (χ0n) is 14.4. The van der Waals surface area contributed by atoms with Gasteiger partial charge >= 0.3 is 0 Å². The normalized spacial score (nSPS) is 13.2. The molecular formula is C19H22F4Si. The molecule has 0 bridgehead atoms. The molecule has 0 nitrogen and oxygen atoms in total. The molecule has 0 aromatic heterocycles. The van der Waals surface area contributed by atoms with Crippen molar-refractivity contribution in [2.45, 2.75) is 45.3 Å². The summed E-state index contributed by atoms with van der Waals surface area (Å²) in [6, 6.07) is 9.89. The van der Waals surface area contributed by atoms with Gasteiger partial charge in [-0.1, -0.05) is 50.3 Å². The molecule has 130 valence electrons. The molecule has 0 heterocycles. The Morgan fingerprint density at radius 1 is 0.875 bits per heavy atom. The van der Waals surface area contributed by atoms with E-state index >= 15 is 0 Å². The van der Waals surface area contributed by atoms with Crippen LogP contribution in [0, 0.1) is 30.2 Å². The molecule has 0 saturated heterocycles. The maximum atomic E-state index is 14.4. The molecule has 0 saturated carbocycles. The molecule has 0 N–H and O–H groups in total. The van der Waals surface area contributed by atoms with Gasteiger partial charge in [0.15, 0.2) is 23.3 Å². The van der Waals surface area contributed by atoms with Gasteiger partial charge < -0.3 is 0 Å². The van der Waals surface area contributed by atoms with Gasteiger partial charge in [0.1, 0.15) is 0 Å². The summed E-state index contributed by atoms with van der Waals surface area (Å²) >= 11 is 0. The predicted octanol–water partition coefficient (Wildman–Crippen LogP) is 5.49. The third-order valence-corrected chi connectivity index (χ3v) is 9.72. The van der Waals surface area contributed by atoms with Crippen molar-refractivity contribution in [3.05, 3.63) is 64.7 Å². The van der Waals surface area contributed by atoms with E-state index in [4.69, 9.17) is 0 Å². The van der Waals surface area contributed by atoms with Crippen molar-refractivity contribution in [2.75, 3.05) is 0 Å². The van der Waals surface area contributed by atoms with Crippen molar-refractivity contribution in [3.63, 3.8) is 0 Å². The van der Waals surface area contributed by atoms with E-state index in [0.717, 1.165) is 12.8 Å². The summed E-state index contributed by atoms with van der Waals surface area (Å²) in [5.41, 5.74) is 1.15.